The Morgan fingerprint density at radius 3 is 2.48 bits per heavy atom. The Bertz CT molecular complexity index is 1080. The van der Waals surface area contributed by atoms with Gasteiger partial charge < -0.3 is 4.74 Å². The summed E-state index contributed by atoms with van der Waals surface area (Å²) in [7, 11) is 0. The molecule has 0 atom stereocenters. The molecule has 3 aromatic rings. The summed E-state index contributed by atoms with van der Waals surface area (Å²) in [6.07, 6.45) is 1.17. The molecule has 0 saturated heterocycles. The molecule has 0 bridgehead atoms. The number of halogens is 3. The molecule has 0 aliphatic carbocycles. The van der Waals surface area contributed by atoms with E-state index in [0.717, 1.165) is 11.3 Å². The Morgan fingerprint density at radius 2 is 1.89 bits per heavy atom. The maximum atomic E-state index is 13.0. The molecular weight excluding hydrogens is 431 g/mol. The Labute approximate surface area is 174 Å². The second kappa shape index (κ2) is 7.80. The lowest BCUT2D eigenvalue weighted by Crippen LogP contribution is -2.21. The summed E-state index contributed by atoms with van der Waals surface area (Å²) in [6, 6.07) is 3.13. The molecule has 0 fully saturated rings. The summed E-state index contributed by atoms with van der Waals surface area (Å²) in [5.41, 5.74) is 0.846. The van der Waals surface area contributed by atoms with Gasteiger partial charge in [-0.15, -0.1) is 11.3 Å². The van der Waals surface area contributed by atoms with Gasteiger partial charge in [0.15, 0.2) is 0 Å². The Morgan fingerprint density at radius 1 is 1.26 bits per heavy atom. The van der Waals surface area contributed by atoms with Gasteiger partial charge in [0.05, 0.1) is 24.4 Å². The fraction of sp³-hybridized carbons (Fsp3) is 0.278. The number of rotatable bonds is 4. The number of hydrogen-bond acceptors (Lipinski definition) is 5. The number of aryl methyl sites for hydroxylation is 1. The highest BCUT2D eigenvalue weighted by Crippen LogP contribution is 2.30. The van der Waals surface area contributed by atoms with Crippen molar-refractivity contribution in [2.24, 2.45) is 0 Å². The largest absolute Gasteiger partial charge is 0.459 e. The van der Waals surface area contributed by atoms with Gasteiger partial charge in [0.25, 0.3) is 5.56 Å². The molecular formula is C18H15Cl3N2O3S. The number of thiophene rings is 1. The van der Waals surface area contributed by atoms with Crippen LogP contribution in [-0.4, -0.2) is 21.6 Å². The fourth-order valence-electron chi connectivity index (χ4n) is 2.63. The number of esters is 1. The van der Waals surface area contributed by atoms with Crippen LogP contribution in [0, 0.1) is 6.92 Å². The maximum Gasteiger partial charge on any atom is 0.348 e. The molecule has 0 aliphatic rings. The van der Waals surface area contributed by atoms with Gasteiger partial charge in [-0.3, -0.25) is 9.36 Å². The molecule has 1 aromatic carbocycles. The minimum absolute atomic E-state index is 0.137. The Kier molecular flexibility index (Phi) is 5.82. The van der Waals surface area contributed by atoms with Crippen molar-refractivity contribution in [3.8, 4) is 0 Å². The summed E-state index contributed by atoms with van der Waals surface area (Å²) < 4.78 is 6.65. The highest BCUT2D eigenvalue weighted by molar-refractivity contribution is 7.20. The summed E-state index contributed by atoms with van der Waals surface area (Å²) in [5, 5.41) is 1.53. The number of carbonyl (C=O) groups excluding carboxylic acids is 1. The first-order valence-corrected chi connectivity index (χ1v) is 9.97. The van der Waals surface area contributed by atoms with Crippen LogP contribution in [0.2, 0.25) is 15.1 Å². The Balaban J connectivity index is 2.07. The molecule has 0 radical (unpaired) electrons. The molecule has 2 heterocycles. The van der Waals surface area contributed by atoms with Crippen molar-refractivity contribution in [3.05, 3.63) is 59.9 Å². The van der Waals surface area contributed by atoms with Crippen molar-refractivity contribution in [1.82, 2.24) is 9.55 Å². The van der Waals surface area contributed by atoms with Gasteiger partial charge in [-0.2, -0.15) is 0 Å². The van der Waals surface area contributed by atoms with Crippen LogP contribution in [0.25, 0.3) is 10.2 Å². The third-order valence-corrected chi connectivity index (χ3v) is 5.95. The van der Waals surface area contributed by atoms with E-state index < -0.39 is 5.97 Å². The van der Waals surface area contributed by atoms with E-state index in [9.17, 15) is 9.59 Å². The predicted molar refractivity (Wildman–Crippen MR) is 110 cm³/mol. The molecule has 0 amide bonds. The minimum Gasteiger partial charge on any atom is -0.459 e. The highest BCUT2D eigenvalue weighted by atomic mass is 35.5. The number of ether oxygens (including phenoxy) is 1. The third kappa shape index (κ3) is 3.99. The number of nitrogens with zero attached hydrogens (tertiary/aromatic N) is 2. The van der Waals surface area contributed by atoms with E-state index in [4.69, 9.17) is 39.5 Å². The first-order chi connectivity index (χ1) is 12.7. The second-order valence-electron chi connectivity index (χ2n) is 6.22. The third-order valence-electron chi connectivity index (χ3n) is 3.88. The van der Waals surface area contributed by atoms with Gasteiger partial charge in [0.1, 0.15) is 9.71 Å². The normalized spacial score (nSPS) is 11.4. The van der Waals surface area contributed by atoms with E-state index >= 15 is 0 Å². The zero-order valence-corrected chi connectivity index (χ0v) is 17.8. The van der Waals surface area contributed by atoms with Crippen LogP contribution in [0.4, 0.5) is 0 Å². The fourth-order valence-corrected chi connectivity index (χ4v) is 4.59. The van der Waals surface area contributed by atoms with Crippen LogP contribution < -0.4 is 5.56 Å². The molecule has 142 valence electrons. The molecule has 3 rings (SSSR count). The van der Waals surface area contributed by atoms with E-state index in [-0.39, 0.29) is 18.2 Å². The number of fused-ring (bicyclic) bond motifs is 1. The Hall–Kier alpha value is -1.60. The van der Waals surface area contributed by atoms with Crippen LogP contribution >= 0.6 is 46.1 Å². The molecule has 0 unspecified atom stereocenters. The topological polar surface area (TPSA) is 61.2 Å². The van der Waals surface area contributed by atoms with Crippen molar-refractivity contribution in [2.45, 2.75) is 33.4 Å². The average molecular weight is 446 g/mol. The maximum absolute atomic E-state index is 13.0. The molecule has 0 N–H and O–H groups in total. The van der Waals surface area contributed by atoms with E-state index in [1.54, 1.807) is 32.9 Å². The van der Waals surface area contributed by atoms with Gasteiger partial charge in [-0.05, 0) is 38.5 Å². The van der Waals surface area contributed by atoms with Gasteiger partial charge >= 0.3 is 5.97 Å². The summed E-state index contributed by atoms with van der Waals surface area (Å²) in [6.45, 7) is 5.39. The van der Waals surface area contributed by atoms with Crippen molar-refractivity contribution in [3.63, 3.8) is 0 Å². The van der Waals surface area contributed by atoms with Gasteiger partial charge in [0.2, 0.25) is 0 Å². The van der Waals surface area contributed by atoms with Gasteiger partial charge in [0, 0.05) is 20.6 Å². The first kappa shape index (κ1) is 20.1. The molecule has 0 spiro atoms. The van der Waals surface area contributed by atoms with Crippen molar-refractivity contribution in [1.29, 1.82) is 0 Å². The van der Waals surface area contributed by atoms with E-state index in [1.165, 1.54) is 10.9 Å². The minimum atomic E-state index is -0.458. The lowest BCUT2D eigenvalue weighted by molar-refractivity contribution is 0.0383. The van der Waals surface area contributed by atoms with Gasteiger partial charge in [-0.1, -0.05) is 34.8 Å². The molecule has 9 heteroatoms. The predicted octanol–water partition coefficient (Wildman–Crippen LogP) is 5.34. The van der Waals surface area contributed by atoms with Crippen molar-refractivity contribution < 1.29 is 9.53 Å². The average Bonchev–Trinajstić information content (AvgIpc) is 2.89. The van der Waals surface area contributed by atoms with Crippen LogP contribution in [0.15, 0.2) is 23.3 Å². The van der Waals surface area contributed by atoms with Crippen LogP contribution in [-0.2, 0) is 11.3 Å². The van der Waals surface area contributed by atoms with Crippen molar-refractivity contribution in [2.75, 3.05) is 0 Å². The molecule has 2 aromatic heterocycles. The smallest absolute Gasteiger partial charge is 0.348 e. The second-order valence-corrected chi connectivity index (χ2v) is 8.47. The zero-order chi connectivity index (χ0) is 19.9. The van der Waals surface area contributed by atoms with Crippen LogP contribution in [0.3, 0.4) is 0 Å². The molecule has 27 heavy (non-hydrogen) atoms. The SMILES string of the molecule is Cc1c(C(=O)OC(C)C)sc2ncn(Cc3c(Cl)cc(Cl)cc3Cl)c(=O)c12. The van der Waals surface area contributed by atoms with E-state index in [2.05, 4.69) is 4.98 Å². The molecule has 0 aliphatic heterocycles. The zero-order valence-electron chi connectivity index (χ0n) is 14.7. The van der Waals surface area contributed by atoms with E-state index in [1.807, 2.05) is 0 Å². The number of hydrogen-bond donors (Lipinski definition) is 0. The molecule has 5 nitrogen and oxygen atoms in total. The monoisotopic (exact) mass is 444 g/mol. The summed E-state index contributed by atoms with van der Waals surface area (Å²) in [4.78, 5) is 30.4. The summed E-state index contributed by atoms with van der Waals surface area (Å²) in [5.74, 6) is -0.458. The quantitative estimate of drug-likeness (QED) is 0.509. The van der Waals surface area contributed by atoms with Crippen LogP contribution in [0.5, 0.6) is 0 Å². The van der Waals surface area contributed by atoms with Crippen molar-refractivity contribution >= 4 is 62.3 Å². The number of benzene rings is 1. The van der Waals surface area contributed by atoms with Gasteiger partial charge in [-0.25, -0.2) is 9.78 Å². The van der Waals surface area contributed by atoms with Crippen LogP contribution in [0.1, 0.15) is 34.6 Å². The number of aromatic nitrogens is 2. The summed E-state index contributed by atoms with van der Waals surface area (Å²) >= 11 is 19.5. The lowest BCUT2D eigenvalue weighted by Gasteiger charge is -2.10. The first-order valence-electron chi connectivity index (χ1n) is 8.02. The van der Waals surface area contributed by atoms with E-state index in [0.29, 0.717) is 41.3 Å². The number of carbonyl (C=O) groups is 1. The molecule has 0 saturated carbocycles. The standard InChI is InChI=1S/C18H15Cl3N2O3S/c1-8(2)26-18(25)15-9(3)14-16(27-15)22-7-23(17(14)24)6-11-12(20)4-10(19)5-13(11)21/h4-5,7-8H,6H2,1-3H3. The lowest BCUT2D eigenvalue weighted by atomic mass is 10.2. The highest BCUT2D eigenvalue weighted by Gasteiger charge is 2.21.